The molecule has 104 valence electrons. The van der Waals surface area contributed by atoms with Gasteiger partial charge in [0.05, 0.1) is 0 Å². The zero-order chi connectivity index (χ0) is 13.8. The summed E-state index contributed by atoms with van der Waals surface area (Å²) in [4.78, 5) is 22.9. The van der Waals surface area contributed by atoms with Crippen LogP contribution in [0.15, 0.2) is 4.79 Å². The maximum Gasteiger partial charge on any atom is 0.280 e. The molecule has 0 aliphatic heterocycles. The summed E-state index contributed by atoms with van der Waals surface area (Å²) in [7, 11) is 0. The Balaban J connectivity index is 2.37. The minimum atomic E-state index is -0.260. The fourth-order valence-corrected chi connectivity index (χ4v) is 2.27. The van der Waals surface area contributed by atoms with Gasteiger partial charge in [-0.05, 0) is 6.42 Å². The largest absolute Gasteiger partial charge is 0.369 e. The smallest absolute Gasteiger partial charge is 0.280 e. The van der Waals surface area contributed by atoms with E-state index in [-0.39, 0.29) is 11.5 Å². The third-order valence-electron chi connectivity index (χ3n) is 3.25. The van der Waals surface area contributed by atoms with Crippen LogP contribution in [0.3, 0.4) is 0 Å². The minimum Gasteiger partial charge on any atom is -0.369 e. The number of hydrogen-bond donors (Lipinski definition) is 2. The number of hydrogen-bond acceptors (Lipinski definition) is 4. The standard InChI is InChI=1S/C13H21N5O/c1-3-5-6-7-8-18-9(4-2)15-10-11(18)16-13(14)17-12(10)19/h3-8H2,1-2H3,(H3,14,16,17,19). The van der Waals surface area contributed by atoms with Crippen LogP contribution < -0.4 is 11.3 Å². The van der Waals surface area contributed by atoms with E-state index in [4.69, 9.17) is 5.73 Å². The lowest BCUT2D eigenvalue weighted by molar-refractivity contribution is 0.574. The number of fused-ring (bicyclic) bond motifs is 1. The van der Waals surface area contributed by atoms with Crippen LogP contribution in [0.5, 0.6) is 0 Å². The summed E-state index contributed by atoms with van der Waals surface area (Å²) in [6.07, 6.45) is 5.46. The molecule has 2 aromatic heterocycles. The number of imidazole rings is 1. The molecule has 3 N–H and O–H groups in total. The first-order valence-corrected chi connectivity index (χ1v) is 6.92. The van der Waals surface area contributed by atoms with E-state index < -0.39 is 0 Å². The Morgan fingerprint density at radius 3 is 2.68 bits per heavy atom. The molecule has 0 aromatic carbocycles. The number of aromatic nitrogens is 4. The first kappa shape index (κ1) is 13.6. The van der Waals surface area contributed by atoms with E-state index in [0.717, 1.165) is 25.2 Å². The van der Waals surface area contributed by atoms with Gasteiger partial charge in [-0.1, -0.05) is 33.1 Å². The van der Waals surface area contributed by atoms with Crippen molar-refractivity contribution < 1.29 is 0 Å². The molecule has 0 fully saturated rings. The molecule has 2 heterocycles. The van der Waals surface area contributed by atoms with Crippen LogP contribution in [0.1, 0.15) is 45.4 Å². The molecule has 0 saturated heterocycles. The Hall–Kier alpha value is -1.85. The Morgan fingerprint density at radius 1 is 1.21 bits per heavy atom. The molecule has 6 nitrogen and oxygen atoms in total. The summed E-state index contributed by atoms with van der Waals surface area (Å²) in [6.45, 7) is 5.06. The molecule has 0 aliphatic carbocycles. The molecule has 6 heteroatoms. The van der Waals surface area contributed by atoms with Crippen molar-refractivity contribution in [2.24, 2.45) is 0 Å². The fourth-order valence-electron chi connectivity index (χ4n) is 2.27. The van der Waals surface area contributed by atoms with E-state index in [0.29, 0.717) is 11.2 Å². The highest BCUT2D eigenvalue weighted by Gasteiger charge is 2.13. The molecule has 2 aromatic rings. The van der Waals surface area contributed by atoms with Gasteiger partial charge in [0.1, 0.15) is 5.82 Å². The maximum absolute atomic E-state index is 11.8. The van der Waals surface area contributed by atoms with Crippen LogP contribution in [0.4, 0.5) is 5.95 Å². The predicted octanol–water partition coefficient (Wildman–Crippen LogP) is 1.84. The van der Waals surface area contributed by atoms with E-state index >= 15 is 0 Å². The van der Waals surface area contributed by atoms with E-state index in [1.54, 1.807) is 0 Å². The van der Waals surface area contributed by atoms with E-state index in [1.165, 1.54) is 19.3 Å². The van der Waals surface area contributed by atoms with Crippen molar-refractivity contribution in [3.8, 4) is 0 Å². The number of nitrogens with two attached hydrogens (primary N) is 1. The number of nitrogens with zero attached hydrogens (tertiary/aromatic N) is 3. The van der Waals surface area contributed by atoms with Crippen LogP contribution >= 0.6 is 0 Å². The van der Waals surface area contributed by atoms with Gasteiger partial charge in [0.25, 0.3) is 5.56 Å². The van der Waals surface area contributed by atoms with Crippen molar-refractivity contribution in [3.05, 3.63) is 16.2 Å². The summed E-state index contributed by atoms with van der Waals surface area (Å²) in [5.74, 6) is 1.05. The molecule has 0 aliphatic rings. The first-order valence-electron chi connectivity index (χ1n) is 6.92. The summed E-state index contributed by atoms with van der Waals surface area (Å²) in [6, 6.07) is 0. The van der Waals surface area contributed by atoms with Gasteiger partial charge in [-0.25, -0.2) is 4.98 Å². The van der Waals surface area contributed by atoms with Gasteiger partial charge in [0.2, 0.25) is 5.95 Å². The monoisotopic (exact) mass is 263 g/mol. The summed E-state index contributed by atoms with van der Waals surface area (Å²) >= 11 is 0. The van der Waals surface area contributed by atoms with Crippen molar-refractivity contribution in [2.75, 3.05) is 5.73 Å². The highest BCUT2D eigenvalue weighted by Crippen LogP contribution is 2.14. The molecule has 2 rings (SSSR count). The van der Waals surface area contributed by atoms with Gasteiger partial charge in [-0.2, -0.15) is 4.98 Å². The Bertz CT molecular complexity index is 613. The molecule has 0 radical (unpaired) electrons. The number of aromatic amines is 1. The van der Waals surface area contributed by atoms with E-state index in [9.17, 15) is 4.79 Å². The van der Waals surface area contributed by atoms with Crippen LogP contribution in [0.2, 0.25) is 0 Å². The van der Waals surface area contributed by atoms with Crippen molar-refractivity contribution in [3.63, 3.8) is 0 Å². The zero-order valence-corrected chi connectivity index (χ0v) is 11.6. The second kappa shape index (κ2) is 5.86. The summed E-state index contributed by atoms with van der Waals surface area (Å²) in [5.41, 5.74) is 6.35. The number of nitrogen functional groups attached to an aromatic ring is 1. The van der Waals surface area contributed by atoms with Gasteiger partial charge in [0.15, 0.2) is 11.2 Å². The molecular formula is C13H21N5O. The average molecular weight is 263 g/mol. The second-order valence-corrected chi connectivity index (χ2v) is 4.72. The lowest BCUT2D eigenvalue weighted by Gasteiger charge is -2.07. The van der Waals surface area contributed by atoms with Crippen LogP contribution in [-0.4, -0.2) is 19.5 Å². The second-order valence-electron chi connectivity index (χ2n) is 4.72. The third-order valence-corrected chi connectivity index (χ3v) is 3.25. The van der Waals surface area contributed by atoms with Gasteiger partial charge in [0, 0.05) is 13.0 Å². The number of aryl methyl sites for hydroxylation is 2. The topological polar surface area (TPSA) is 89.6 Å². The van der Waals surface area contributed by atoms with Crippen molar-refractivity contribution >= 4 is 17.1 Å². The Kier molecular flexibility index (Phi) is 4.19. The minimum absolute atomic E-state index is 0.148. The third kappa shape index (κ3) is 2.77. The first-order chi connectivity index (χ1) is 9.17. The van der Waals surface area contributed by atoms with Crippen molar-refractivity contribution in [1.29, 1.82) is 0 Å². The number of anilines is 1. The van der Waals surface area contributed by atoms with Gasteiger partial charge in [-0.15, -0.1) is 0 Å². The molecular weight excluding hydrogens is 242 g/mol. The fraction of sp³-hybridized carbons (Fsp3) is 0.615. The quantitative estimate of drug-likeness (QED) is 0.778. The van der Waals surface area contributed by atoms with E-state index in [1.807, 2.05) is 11.5 Å². The summed E-state index contributed by atoms with van der Waals surface area (Å²) < 4.78 is 2.02. The van der Waals surface area contributed by atoms with Gasteiger partial charge >= 0.3 is 0 Å². The predicted molar refractivity (Wildman–Crippen MR) is 76.1 cm³/mol. The van der Waals surface area contributed by atoms with Crippen LogP contribution in [0.25, 0.3) is 11.2 Å². The van der Waals surface area contributed by atoms with E-state index in [2.05, 4.69) is 21.9 Å². The molecule has 0 amide bonds. The lowest BCUT2D eigenvalue weighted by atomic mass is 10.2. The molecule has 0 atom stereocenters. The summed E-state index contributed by atoms with van der Waals surface area (Å²) in [5, 5.41) is 0. The number of H-pyrrole nitrogens is 1. The normalized spacial score (nSPS) is 11.3. The van der Waals surface area contributed by atoms with Gasteiger partial charge < -0.3 is 10.3 Å². The molecule has 0 spiro atoms. The highest BCUT2D eigenvalue weighted by atomic mass is 16.1. The number of rotatable bonds is 6. The molecule has 19 heavy (non-hydrogen) atoms. The lowest BCUT2D eigenvalue weighted by Crippen LogP contribution is -2.12. The van der Waals surface area contributed by atoms with Crippen LogP contribution in [-0.2, 0) is 13.0 Å². The number of nitrogens with one attached hydrogen (secondary N) is 1. The maximum atomic E-state index is 11.8. The Morgan fingerprint density at radius 2 is 2.00 bits per heavy atom. The Labute approximate surface area is 112 Å². The average Bonchev–Trinajstić information content (AvgIpc) is 2.73. The van der Waals surface area contributed by atoms with Crippen molar-refractivity contribution in [2.45, 2.75) is 52.5 Å². The van der Waals surface area contributed by atoms with Gasteiger partial charge in [-0.3, -0.25) is 9.78 Å². The van der Waals surface area contributed by atoms with Crippen molar-refractivity contribution in [1.82, 2.24) is 19.5 Å². The van der Waals surface area contributed by atoms with Crippen LogP contribution in [0, 0.1) is 0 Å². The molecule has 0 saturated carbocycles. The SMILES string of the molecule is CCCCCCn1c(CC)nc2c(=O)[nH]c(N)nc21. The number of unbranched alkanes of at least 4 members (excludes halogenated alkanes) is 3. The molecule has 0 unspecified atom stereocenters. The highest BCUT2D eigenvalue weighted by molar-refractivity contribution is 5.71. The molecule has 0 bridgehead atoms. The zero-order valence-electron chi connectivity index (χ0n) is 11.6.